The highest BCUT2D eigenvalue weighted by Gasteiger charge is 2.43. The van der Waals surface area contributed by atoms with Crippen LogP contribution in [0.5, 0.6) is 0 Å². The van der Waals surface area contributed by atoms with Crippen molar-refractivity contribution >= 4 is 0 Å². The Balaban J connectivity index is 2.35. The number of alkyl halides is 2. The molecular formula is C9H18F2N2. The lowest BCUT2D eigenvalue weighted by Crippen LogP contribution is -2.44. The van der Waals surface area contributed by atoms with Gasteiger partial charge in [-0.3, -0.25) is 0 Å². The minimum absolute atomic E-state index is 0.0162. The van der Waals surface area contributed by atoms with E-state index in [1.54, 1.807) is 0 Å². The van der Waals surface area contributed by atoms with Crippen LogP contribution in [0.25, 0.3) is 0 Å². The Kier molecular flexibility index (Phi) is 3.62. The molecule has 1 unspecified atom stereocenters. The molecule has 0 aromatic carbocycles. The number of hydrogen-bond donors (Lipinski definition) is 1. The Hall–Kier alpha value is -0.220. The molecule has 0 amide bonds. The van der Waals surface area contributed by atoms with Crippen molar-refractivity contribution in [3.8, 4) is 0 Å². The number of rotatable bonds is 4. The van der Waals surface area contributed by atoms with Crippen molar-refractivity contribution < 1.29 is 8.78 Å². The second kappa shape index (κ2) is 4.33. The van der Waals surface area contributed by atoms with Crippen molar-refractivity contribution in [2.45, 2.75) is 31.7 Å². The van der Waals surface area contributed by atoms with Crippen LogP contribution in [0.4, 0.5) is 8.78 Å². The van der Waals surface area contributed by atoms with Gasteiger partial charge in [0, 0.05) is 19.5 Å². The number of nitrogens with zero attached hydrogens (tertiary/aromatic N) is 1. The molecule has 1 saturated heterocycles. The van der Waals surface area contributed by atoms with Crippen LogP contribution in [0.3, 0.4) is 0 Å². The summed E-state index contributed by atoms with van der Waals surface area (Å²) in [5.74, 6) is -2.51. The summed E-state index contributed by atoms with van der Waals surface area (Å²) in [7, 11) is 1.89. The van der Waals surface area contributed by atoms with Crippen molar-refractivity contribution in [3.63, 3.8) is 0 Å². The van der Waals surface area contributed by atoms with E-state index >= 15 is 0 Å². The van der Waals surface area contributed by atoms with Gasteiger partial charge in [-0.05, 0) is 20.0 Å². The molecule has 2 nitrogen and oxygen atoms in total. The van der Waals surface area contributed by atoms with E-state index in [1.165, 1.54) is 0 Å². The van der Waals surface area contributed by atoms with Crippen molar-refractivity contribution in [1.82, 2.24) is 10.2 Å². The highest BCUT2D eigenvalue weighted by molar-refractivity contribution is 4.91. The molecule has 1 N–H and O–H groups in total. The van der Waals surface area contributed by atoms with E-state index < -0.39 is 12.0 Å². The Bertz CT molecular complexity index is 162. The molecule has 1 atom stereocenters. The number of hydrogen-bond acceptors (Lipinski definition) is 2. The van der Waals surface area contributed by atoms with Gasteiger partial charge >= 0.3 is 0 Å². The summed E-state index contributed by atoms with van der Waals surface area (Å²) in [6.07, 6.45) is 0.992. The highest BCUT2D eigenvalue weighted by Crippen LogP contribution is 2.27. The average Bonchev–Trinajstić information content (AvgIpc) is 2.31. The smallest absolute Gasteiger partial charge is 0.265 e. The normalized spacial score (nSPS) is 27.0. The van der Waals surface area contributed by atoms with Gasteiger partial charge in [-0.25, -0.2) is 8.78 Å². The lowest BCUT2D eigenvalue weighted by molar-refractivity contribution is -0.0187. The minimum atomic E-state index is -2.51. The molecule has 0 aromatic rings. The number of likely N-dealkylation sites (N-methyl/N-ethyl adjacent to an activating group) is 1. The zero-order valence-corrected chi connectivity index (χ0v) is 8.32. The summed E-state index contributed by atoms with van der Waals surface area (Å²) in [5.41, 5.74) is 0. The van der Waals surface area contributed by atoms with Gasteiger partial charge in [0.2, 0.25) is 0 Å². The van der Waals surface area contributed by atoms with Gasteiger partial charge in [-0.1, -0.05) is 6.92 Å². The monoisotopic (exact) mass is 192 g/mol. The molecule has 1 rings (SSSR count). The molecule has 78 valence electrons. The Morgan fingerprint density at radius 3 is 2.69 bits per heavy atom. The van der Waals surface area contributed by atoms with Crippen LogP contribution in [0.1, 0.15) is 19.8 Å². The SMILES string of the molecule is CCCN(C)CC1NCCC1(F)F. The molecule has 1 aliphatic rings. The van der Waals surface area contributed by atoms with Gasteiger partial charge in [-0.15, -0.1) is 0 Å². The van der Waals surface area contributed by atoms with Crippen LogP contribution >= 0.6 is 0 Å². The molecule has 1 fully saturated rings. The fraction of sp³-hybridized carbons (Fsp3) is 1.00. The van der Waals surface area contributed by atoms with Crippen LogP contribution in [-0.2, 0) is 0 Å². The first-order chi connectivity index (χ1) is 6.06. The van der Waals surface area contributed by atoms with Gasteiger partial charge in [0.25, 0.3) is 5.92 Å². The maximum absolute atomic E-state index is 13.1. The fourth-order valence-electron chi connectivity index (χ4n) is 1.72. The Morgan fingerprint density at radius 1 is 1.54 bits per heavy atom. The van der Waals surface area contributed by atoms with Gasteiger partial charge in [-0.2, -0.15) is 0 Å². The first kappa shape index (κ1) is 10.9. The number of nitrogens with one attached hydrogen (secondary N) is 1. The lowest BCUT2D eigenvalue weighted by Gasteiger charge is -2.24. The molecule has 0 spiro atoms. The summed E-state index contributed by atoms with van der Waals surface area (Å²) in [6.45, 7) is 3.82. The van der Waals surface area contributed by atoms with E-state index in [1.807, 2.05) is 11.9 Å². The maximum Gasteiger partial charge on any atom is 0.265 e. The van der Waals surface area contributed by atoms with Crippen molar-refractivity contribution in [2.24, 2.45) is 0 Å². The van der Waals surface area contributed by atoms with Crippen molar-refractivity contribution in [2.75, 3.05) is 26.7 Å². The van der Waals surface area contributed by atoms with Crippen molar-refractivity contribution in [1.29, 1.82) is 0 Å². The highest BCUT2D eigenvalue weighted by atomic mass is 19.3. The first-order valence-electron chi connectivity index (χ1n) is 4.86. The maximum atomic E-state index is 13.1. The standard InChI is InChI=1S/C9H18F2N2/c1-3-6-13(2)7-8-9(10,11)4-5-12-8/h8,12H,3-7H2,1-2H3. The zero-order valence-electron chi connectivity index (χ0n) is 8.32. The van der Waals surface area contributed by atoms with Gasteiger partial charge in [0.05, 0.1) is 6.04 Å². The summed E-state index contributed by atoms with van der Waals surface area (Å²) >= 11 is 0. The van der Waals surface area contributed by atoms with Gasteiger partial charge in [0.15, 0.2) is 0 Å². The molecule has 1 aliphatic heterocycles. The van der Waals surface area contributed by atoms with E-state index in [0.717, 1.165) is 13.0 Å². The van der Waals surface area contributed by atoms with Crippen LogP contribution < -0.4 is 5.32 Å². The molecule has 4 heteroatoms. The quantitative estimate of drug-likeness (QED) is 0.722. The van der Waals surface area contributed by atoms with Crippen molar-refractivity contribution in [3.05, 3.63) is 0 Å². The van der Waals surface area contributed by atoms with Crippen LogP contribution in [0.15, 0.2) is 0 Å². The van der Waals surface area contributed by atoms with Gasteiger partial charge in [0.1, 0.15) is 0 Å². The predicted octanol–water partition coefficient (Wildman–Crippen LogP) is 1.33. The fourth-order valence-corrected chi connectivity index (χ4v) is 1.72. The summed E-state index contributed by atoms with van der Waals surface area (Å²) < 4.78 is 26.2. The molecule has 0 bridgehead atoms. The minimum Gasteiger partial charge on any atom is -0.307 e. The van der Waals surface area contributed by atoms with E-state index in [9.17, 15) is 8.78 Å². The molecule has 0 radical (unpaired) electrons. The van der Waals surface area contributed by atoms with E-state index in [2.05, 4.69) is 12.2 Å². The summed E-state index contributed by atoms with van der Waals surface area (Å²) in [5, 5.41) is 2.84. The zero-order chi connectivity index (χ0) is 9.90. The Morgan fingerprint density at radius 2 is 2.23 bits per heavy atom. The predicted molar refractivity (Wildman–Crippen MR) is 49.1 cm³/mol. The third-order valence-corrected chi connectivity index (χ3v) is 2.46. The lowest BCUT2D eigenvalue weighted by atomic mass is 10.1. The molecule has 13 heavy (non-hydrogen) atoms. The van der Waals surface area contributed by atoms with Gasteiger partial charge < -0.3 is 10.2 Å². The third-order valence-electron chi connectivity index (χ3n) is 2.46. The second-order valence-electron chi connectivity index (χ2n) is 3.78. The molecule has 0 aromatic heterocycles. The number of halogens is 2. The van der Waals surface area contributed by atoms with Crippen LogP contribution in [-0.4, -0.2) is 43.5 Å². The van der Waals surface area contributed by atoms with E-state index in [4.69, 9.17) is 0 Å². The Labute approximate surface area is 78.3 Å². The van der Waals surface area contributed by atoms with E-state index in [0.29, 0.717) is 13.1 Å². The molecule has 1 heterocycles. The summed E-state index contributed by atoms with van der Waals surface area (Å²) in [6, 6.07) is -0.649. The van der Waals surface area contributed by atoms with Crippen LogP contribution in [0.2, 0.25) is 0 Å². The van der Waals surface area contributed by atoms with Crippen LogP contribution in [0, 0.1) is 0 Å². The molecule has 0 saturated carbocycles. The first-order valence-corrected chi connectivity index (χ1v) is 4.86. The third kappa shape index (κ3) is 2.88. The summed E-state index contributed by atoms with van der Waals surface area (Å²) in [4.78, 5) is 1.96. The molecular weight excluding hydrogens is 174 g/mol. The average molecular weight is 192 g/mol. The molecule has 0 aliphatic carbocycles. The largest absolute Gasteiger partial charge is 0.307 e. The second-order valence-corrected chi connectivity index (χ2v) is 3.78. The topological polar surface area (TPSA) is 15.3 Å². The van der Waals surface area contributed by atoms with E-state index in [-0.39, 0.29) is 6.42 Å².